The molecule has 0 heterocycles. The van der Waals surface area contributed by atoms with E-state index in [2.05, 4.69) is 30.8 Å². The third-order valence-electron chi connectivity index (χ3n) is 2.98. The summed E-state index contributed by atoms with van der Waals surface area (Å²) >= 11 is 0. The minimum Gasteiger partial charge on any atom is -0.103 e. The number of rotatable bonds is 3. The van der Waals surface area contributed by atoms with Gasteiger partial charge in [0.25, 0.3) is 0 Å². The fraction of sp³-hybridized carbons (Fsp3) is 0.385. The molecule has 0 radical (unpaired) electrons. The molecule has 1 atom stereocenters. The van der Waals surface area contributed by atoms with E-state index in [0.29, 0.717) is 0 Å². The molecule has 68 valence electrons. The Morgan fingerprint density at radius 2 is 2.23 bits per heavy atom. The zero-order valence-electron chi connectivity index (χ0n) is 8.00. The summed E-state index contributed by atoms with van der Waals surface area (Å²) in [6.45, 7) is 3.78. The van der Waals surface area contributed by atoms with E-state index in [9.17, 15) is 0 Å². The Morgan fingerprint density at radius 1 is 1.38 bits per heavy atom. The second-order valence-electron chi connectivity index (χ2n) is 3.80. The molecular formula is C13H16. The fourth-order valence-electron chi connectivity index (χ4n) is 2.26. The van der Waals surface area contributed by atoms with Gasteiger partial charge in [0.1, 0.15) is 0 Å². The first-order valence-corrected chi connectivity index (χ1v) is 5.10. The number of hydrogen-bond donors (Lipinski definition) is 0. The highest BCUT2D eigenvalue weighted by Crippen LogP contribution is 2.35. The summed E-state index contributed by atoms with van der Waals surface area (Å²) in [5, 5.41) is 0. The van der Waals surface area contributed by atoms with Crippen LogP contribution in [0.25, 0.3) is 0 Å². The zero-order chi connectivity index (χ0) is 9.10. The number of hydrogen-bond acceptors (Lipinski definition) is 0. The van der Waals surface area contributed by atoms with Crippen LogP contribution < -0.4 is 0 Å². The van der Waals surface area contributed by atoms with Crippen molar-refractivity contribution >= 4 is 0 Å². The molecule has 0 heteroatoms. The summed E-state index contributed by atoms with van der Waals surface area (Å²) in [5.74, 6) is 0.800. The molecule has 0 spiro atoms. The smallest absolute Gasteiger partial charge is 0.0153 e. The van der Waals surface area contributed by atoms with Gasteiger partial charge in [-0.25, -0.2) is 0 Å². The van der Waals surface area contributed by atoms with Crippen molar-refractivity contribution in [1.29, 1.82) is 0 Å². The highest BCUT2D eigenvalue weighted by Gasteiger charge is 2.20. The molecule has 0 amide bonds. The monoisotopic (exact) mass is 172 g/mol. The average Bonchev–Trinajstić information content (AvgIpc) is 2.58. The molecule has 0 fully saturated rings. The van der Waals surface area contributed by atoms with Gasteiger partial charge < -0.3 is 0 Å². The van der Waals surface area contributed by atoms with E-state index in [1.807, 2.05) is 6.08 Å². The normalized spacial score (nSPS) is 19.8. The average molecular weight is 172 g/mol. The zero-order valence-corrected chi connectivity index (χ0v) is 8.00. The van der Waals surface area contributed by atoms with Crippen LogP contribution in [0.3, 0.4) is 0 Å². The summed E-state index contributed by atoms with van der Waals surface area (Å²) in [4.78, 5) is 0. The maximum atomic E-state index is 3.78. The Kier molecular flexibility index (Phi) is 2.49. The Morgan fingerprint density at radius 3 is 3.08 bits per heavy atom. The van der Waals surface area contributed by atoms with E-state index in [1.54, 1.807) is 11.1 Å². The topological polar surface area (TPSA) is 0 Å². The molecule has 1 aliphatic rings. The van der Waals surface area contributed by atoms with Gasteiger partial charge in [0.05, 0.1) is 0 Å². The fourth-order valence-corrected chi connectivity index (χ4v) is 2.26. The summed E-state index contributed by atoms with van der Waals surface area (Å²) in [6, 6.07) is 8.86. The van der Waals surface area contributed by atoms with E-state index in [-0.39, 0.29) is 0 Å². The third kappa shape index (κ3) is 1.67. The lowest BCUT2D eigenvalue weighted by molar-refractivity contribution is 0.626. The van der Waals surface area contributed by atoms with Gasteiger partial charge in [-0.2, -0.15) is 0 Å². The Hall–Kier alpha value is -1.04. The highest BCUT2D eigenvalue weighted by molar-refractivity contribution is 5.34. The van der Waals surface area contributed by atoms with E-state index < -0.39 is 0 Å². The van der Waals surface area contributed by atoms with Gasteiger partial charge in [0.2, 0.25) is 0 Å². The number of fused-ring (bicyclic) bond motifs is 1. The van der Waals surface area contributed by atoms with Gasteiger partial charge in [-0.05, 0) is 42.7 Å². The SMILES string of the molecule is C=CCCC1CCc2ccccc21. The molecule has 1 aliphatic carbocycles. The van der Waals surface area contributed by atoms with Crippen molar-refractivity contribution in [3.8, 4) is 0 Å². The second kappa shape index (κ2) is 3.78. The predicted molar refractivity (Wildman–Crippen MR) is 56.9 cm³/mol. The Labute approximate surface area is 80.3 Å². The molecule has 0 bridgehead atoms. The molecule has 13 heavy (non-hydrogen) atoms. The maximum Gasteiger partial charge on any atom is -0.0153 e. The number of benzene rings is 1. The lowest BCUT2D eigenvalue weighted by Crippen LogP contribution is -1.91. The van der Waals surface area contributed by atoms with Crippen LogP contribution in [-0.2, 0) is 6.42 Å². The minimum absolute atomic E-state index is 0.800. The van der Waals surface area contributed by atoms with Crippen molar-refractivity contribution in [2.75, 3.05) is 0 Å². The van der Waals surface area contributed by atoms with Gasteiger partial charge in [-0.1, -0.05) is 30.3 Å². The molecule has 0 aromatic heterocycles. The summed E-state index contributed by atoms with van der Waals surface area (Å²) < 4.78 is 0. The van der Waals surface area contributed by atoms with Gasteiger partial charge in [-0.3, -0.25) is 0 Å². The molecule has 0 aliphatic heterocycles. The van der Waals surface area contributed by atoms with Gasteiger partial charge in [0.15, 0.2) is 0 Å². The molecule has 1 aromatic rings. The predicted octanol–water partition coefficient (Wildman–Crippen LogP) is 3.68. The molecule has 2 rings (SSSR count). The first-order valence-electron chi connectivity index (χ1n) is 5.10. The van der Waals surface area contributed by atoms with Gasteiger partial charge in [-0.15, -0.1) is 6.58 Å². The van der Waals surface area contributed by atoms with Crippen molar-refractivity contribution in [2.45, 2.75) is 31.6 Å². The van der Waals surface area contributed by atoms with Crippen molar-refractivity contribution in [3.05, 3.63) is 48.0 Å². The molecule has 0 saturated carbocycles. The maximum absolute atomic E-state index is 3.78. The highest BCUT2D eigenvalue weighted by atomic mass is 14.2. The standard InChI is InChI=1S/C13H16/c1-2-3-6-11-9-10-12-7-4-5-8-13(11)12/h2,4-5,7-8,11H,1,3,6,9-10H2. The van der Waals surface area contributed by atoms with E-state index in [0.717, 1.165) is 12.3 Å². The summed E-state index contributed by atoms with van der Waals surface area (Å²) in [5.41, 5.74) is 3.15. The number of allylic oxidation sites excluding steroid dienone is 1. The molecule has 1 unspecified atom stereocenters. The van der Waals surface area contributed by atoms with Crippen LogP contribution in [0.1, 0.15) is 36.3 Å². The van der Waals surface area contributed by atoms with Crippen LogP contribution in [0.15, 0.2) is 36.9 Å². The van der Waals surface area contributed by atoms with E-state index in [1.165, 1.54) is 19.3 Å². The van der Waals surface area contributed by atoms with Crippen molar-refractivity contribution < 1.29 is 0 Å². The van der Waals surface area contributed by atoms with E-state index in [4.69, 9.17) is 0 Å². The van der Waals surface area contributed by atoms with E-state index >= 15 is 0 Å². The van der Waals surface area contributed by atoms with Crippen LogP contribution >= 0.6 is 0 Å². The van der Waals surface area contributed by atoms with Gasteiger partial charge in [0, 0.05) is 0 Å². The van der Waals surface area contributed by atoms with Crippen LogP contribution in [0, 0.1) is 0 Å². The molecule has 1 aromatic carbocycles. The summed E-state index contributed by atoms with van der Waals surface area (Å²) in [7, 11) is 0. The van der Waals surface area contributed by atoms with Crippen molar-refractivity contribution in [1.82, 2.24) is 0 Å². The van der Waals surface area contributed by atoms with Crippen molar-refractivity contribution in [2.24, 2.45) is 0 Å². The lowest BCUT2D eigenvalue weighted by Gasteiger charge is -2.08. The molecule has 0 nitrogen and oxygen atoms in total. The largest absolute Gasteiger partial charge is 0.103 e. The quantitative estimate of drug-likeness (QED) is 0.610. The minimum atomic E-state index is 0.800. The van der Waals surface area contributed by atoms with Crippen LogP contribution in [0.2, 0.25) is 0 Å². The van der Waals surface area contributed by atoms with Crippen molar-refractivity contribution in [3.63, 3.8) is 0 Å². The lowest BCUT2D eigenvalue weighted by atomic mass is 9.96. The third-order valence-corrected chi connectivity index (χ3v) is 2.98. The summed E-state index contributed by atoms with van der Waals surface area (Å²) in [6.07, 6.45) is 7.08. The number of aryl methyl sites for hydroxylation is 1. The molecular weight excluding hydrogens is 156 g/mol. The van der Waals surface area contributed by atoms with Gasteiger partial charge >= 0.3 is 0 Å². The van der Waals surface area contributed by atoms with Crippen LogP contribution in [0.4, 0.5) is 0 Å². The Balaban J connectivity index is 2.13. The van der Waals surface area contributed by atoms with Crippen LogP contribution in [-0.4, -0.2) is 0 Å². The van der Waals surface area contributed by atoms with Crippen LogP contribution in [0.5, 0.6) is 0 Å². The first-order chi connectivity index (χ1) is 6.42. The second-order valence-corrected chi connectivity index (χ2v) is 3.80. The molecule has 0 saturated heterocycles. The Bertz CT molecular complexity index is 299. The molecule has 0 N–H and O–H groups in total. The first kappa shape index (κ1) is 8.55.